The summed E-state index contributed by atoms with van der Waals surface area (Å²) in [6, 6.07) is 5.75. The lowest BCUT2D eigenvalue weighted by molar-refractivity contribution is -0.122. The van der Waals surface area contributed by atoms with Crippen LogP contribution in [0.5, 0.6) is 0 Å². The lowest BCUT2D eigenvalue weighted by Gasteiger charge is -2.09. The van der Waals surface area contributed by atoms with Crippen molar-refractivity contribution in [2.24, 2.45) is 5.73 Å². The van der Waals surface area contributed by atoms with Crippen LogP contribution in [0.25, 0.3) is 0 Å². The summed E-state index contributed by atoms with van der Waals surface area (Å²) in [6.07, 6.45) is 0. The van der Waals surface area contributed by atoms with Crippen molar-refractivity contribution < 1.29 is 9.53 Å². The van der Waals surface area contributed by atoms with Gasteiger partial charge in [0.25, 0.3) is 0 Å². The first-order chi connectivity index (χ1) is 7.59. The van der Waals surface area contributed by atoms with Gasteiger partial charge in [0.2, 0.25) is 5.91 Å². The number of hydrogen-bond acceptors (Lipinski definition) is 4. The molecule has 1 aromatic carbocycles. The minimum atomic E-state index is -0.464. The third kappa shape index (κ3) is 4.67. The van der Waals surface area contributed by atoms with Gasteiger partial charge in [-0.2, -0.15) is 0 Å². The summed E-state index contributed by atoms with van der Waals surface area (Å²) in [5.74, 6) is -0.464. The van der Waals surface area contributed by atoms with E-state index in [0.29, 0.717) is 18.8 Å². The predicted molar refractivity (Wildman–Crippen MR) is 72.1 cm³/mol. The van der Waals surface area contributed by atoms with E-state index in [0.717, 1.165) is 9.26 Å². The Morgan fingerprint density at radius 3 is 2.88 bits per heavy atom. The molecular formula is C10H14IN3O2. The lowest BCUT2D eigenvalue weighted by atomic mass is 10.3. The second-order valence-electron chi connectivity index (χ2n) is 3.18. The van der Waals surface area contributed by atoms with Crippen molar-refractivity contribution in [2.75, 3.05) is 30.8 Å². The van der Waals surface area contributed by atoms with Crippen LogP contribution in [0, 0.1) is 3.57 Å². The Kier molecular flexibility index (Phi) is 5.33. The number of carbonyl (C=O) groups is 1. The van der Waals surface area contributed by atoms with Gasteiger partial charge in [0.1, 0.15) is 6.61 Å². The highest BCUT2D eigenvalue weighted by Crippen LogP contribution is 2.20. The summed E-state index contributed by atoms with van der Waals surface area (Å²) >= 11 is 2.20. The van der Waals surface area contributed by atoms with E-state index in [2.05, 4.69) is 27.9 Å². The summed E-state index contributed by atoms with van der Waals surface area (Å²) in [4.78, 5) is 10.4. The first kappa shape index (κ1) is 13.0. The Balaban J connectivity index is 2.29. The van der Waals surface area contributed by atoms with Gasteiger partial charge in [-0.1, -0.05) is 0 Å². The third-order valence-electron chi connectivity index (χ3n) is 1.82. The van der Waals surface area contributed by atoms with Crippen molar-refractivity contribution in [2.45, 2.75) is 0 Å². The van der Waals surface area contributed by atoms with Crippen molar-refractivity contribution in [1.29, 1.82) is 0 Å². The summed E-state index contributed by atoms with van der Waals surface area (Å²) in [7, 11) is 0. The molecule has 5 nitrogen and oxygen atoms in total. The molecule has 6 heteroatoms. The van der Waals surface area contributed by atoms with Crippen molar-refractivity contribution in [1.82, 2.24) is 0 Å². The standard InChI is InChI=1S/C10H14IN3O2/c11-7-1-2-9(8(12)5-7)14-3-4-16-6-10(13)15/h1-2,5,14H,3-4,6,12H2,(H2,13,15). The van der Waals surface area contributed by atoms with E-state index in [4.69, 9.17) is 16.2 Å². The van der Waals surface area contributed by atoms with E-state index in [1.807, 2.05) is 18.2 Å². The van der Waals surface area contributed by atoms with Gasteiger partial charge in [0.15, 0.2) is 0 Å². The topological polar surface area (TPSA) is 90.4 Å². The van der Waals surface area contributed by atoms with Crippen LogP contribution in [0.4, 0.5) is 11.4 Å². The molecule has 0 spiro atoms. The highest BCUT2D eigenvalue weighted by Gasteiger charge is 1.99. The van der Waals surface area contributed by atoms with E-state index in [9.17, 15) is 4.79 Å². The average Bonchev–Trinajstić information content (AvgIpc) is 2.20. The normalized spacial score (nSPS) is 10.1. The monoisotopic (exact) mass is 335 g/mol. The fraction of sp³-hybridized carbons (Fsp3) is 0.300. The molecule has 1 aromatic rings. The number of primary amides is 1. The second-order valence-corrected chi connectivity index (χ2v) is 4.42. The van der Waals surface area contributed by atoms with Crippen LogP contribution in [0.3, 0.4) is 0 Å². The van der Waals surface area contributed by atoms with Gasteiger partial charge in [-0.25, -0.2) is 0 Å². The quantitative estimate of drug-likeness (QED) is 0.407. The van der Waals surface area contributed by atoms with Gasteiger partial charge < -0.3 is 21.5 Å². The molecule has 0 aliphatic carbocycles. The molecule has 5 N–H and O–H groups in total. The zero-order valence-electron chi connectivity index (χ0n) is 8.70. The van der Waals surface area contributed by atoms with Crippen LogP contribution in [0.15, 0.2) is 18.2 Å². The Morgan fingerprint density at radius 1 is 1.50 bits per heavy atom. The molecule has 0 aliphatic rings. The summed E-state index contributed by atoms with van der Waals surface area (Å²) in [5.41, 5.74) is 12.3. The minimum Gasteiger partial charge on any atom is -0.397 e. The van der Waals surface area contributed by atoms with E-state index in [1.54, 1.807) is 0 Å². The van der Waals surface area contributed by atoms with Crippen LogP contribution in [-0.2, 0) is 9.53 Å². The number of halogens is 1. The van der Waals surface area contributed by atoms with Crippen molar-refractivity contribution in [3.8, 4) is 0 Å². The highest BCUT2D eigenvalue weighted by atomic mass is 127. The number of nitrogens with one attached hydrogen (secondary N) is 1. The zero-order chi connectivity index (χ0) is 12.0. The third-order valence-corrected chi connectivity index (χ3v) is 2.49. The smallest absolute Gasteiger partial charge is 0.243 e. The van der Waals surface area contributed by atoms with Gasteiger partial charge in [0.05, 0.1) is 18.0 Å². The SMILES string of the molecule is NC(=O)COCCNc1ccc(I)cc1N. The predicted octanol–water partition coefficient (Wildman–Crippen LogP) is 0.787. The summed E-state index contributed by atoms with van der Waals surface area (Å²) < 4.78 is 6.09. The van der Waals surface area contributed by atoms with E-state index >= 15 is 0 Å². The maximum atomic E-state index is 10.4. The van der Waals surface area contributed by atoms with E-state index in [-0.39, 0.29) is 6.61 Å². The molecule has 0 aliphatic heterocycles. The number of hydrogen-bond donors (Lipinski definition) is 3. The first-order valence-electron chi connectivity index (χ1n) is 4.74. The Bertz CT molecular complexity index is 371. The van der Waals surface area contributed by atoms with Crippen LogP contribution in [-0.4, -0.2) is 25.7 Å². The maximum absolute atomic E-state index is 10.4. The summed E-state index contributed by atoms with van der Waals surface area (Å²) in [6.45, 7) is 0.941. The van der Waals surface area contributed by atoms with Crippen molar-refractivity contribution in [3.63, 3.8) is 0 Å². The average molecular weight is 335 g/mol. The Labute approximate surface area is 108 Å². The molecule has 0 unspecified atom stereocenters. The number of benzene rings is 1. The molecule has 0 saturated carbocycles. The molecule has 16 heavy (non-hydrogen) atoms. The fourth-order valence-electron chi connectivity index (χ4n) is 1.13. The highest BCUT2D eigenvalue weighted by molar-refractivity contribution is 14.1. The Hall–Kier alpha value is -1.02. The number of carbonyl (C=O) groups excluding carboxylic acids is 1. The van der Waals surface area contributed by atoms with Crippen molar-refractivity contribution in [3.05, 3.63) is 21.8 Å². The Morgan fingerprint density at radius 2 is 2.25 bits per heavy atom. The molecular weight excluding hydrogens is 321 g/mol. The van der Waals surface area contributed by atoms with E-state index < -0.39 is 5.91 Å². The van der Waals surface area contributed by atoms with Crippen LogP contribution in [0.1, 0.15) is 0 Å². The number of amides is 1. The zero-order valence-corrected chi connectivity index (χ0v) is 10.9. The fourth-order valence-corrected chi connectivity index (χ4v) is 1.64. The second kappa shape index (κ2) is 6.54. The first-order valence-corrected chi connectivity index (χ1v) is 5.82. The summed E-state index contributed by atoms with van der Waals surface area (Å²) in [5, 5.41) is 3.11. The molecule has 0 aromatic heterocycles. The molecule has 1 rings (SSSR count). The number of nitrogens with two attached hydrogens (primary N) is 2. The van der Waals surface area contributed by atoms with Gasteiger partial charge in [-0.05, 0) is 40.8 Å². The van der Waals surface area contributed by atoms with Gasteiger partial charge in [-0.3, -0.25) is 4.79 Å². The number of rotatable bonds is 6. The molecule has 0 bridgehead atoms. The number of anilines is 2. The van der Waals surface area contributed by atoms with Gasteiger partial charge in [-0.15, -0.1) is 0 Å². The van der Waals surface area contributed by atoms with Crippen molar-refractivity contribution >= 4 is 39.9 Å². The maximum Gasteiger partial charge on any atom is 0.243 e. The minimum absolute atomic E-state index is 0.0517. The number of ether oxygens (including phenoxy) is 1. The number of nitrogen functional groups attached to an aromatic ring is 1. The van der Waals surface area contributed by atoms with Crippen LogP contribution in [0.2, 0.25) is 0 Å². The molecule has 0 saturated heterocycles. The van der Waals surface area contributed by atoms with Crippen LogP contribution >= 0.6 is 22.6 Å². The van der Waals surface area contributed by atoms with Gasteiger partial charge >= 0.3 is 0 Å². The molecule has 0 radical (unpaired) electrons. The molecule has 0 heterocycles. The molecule has 0 fully saturated rings. The lowest BCUT2D eigenvalue weighted by Crippen LogP contribution is -2.20. The van der Waals surface area contributed by atoms with Crippen LogP contribution < -0.4 is 16.8 Å². The molecule has 88 valence electrons. The molecule has 0 atom stereocenters. The molecule has 1 amide bonds. The van der Waals surface area contributed by atoms with Gasteiger partial charge in [0, 0.05) is 10.1 Å². The van der Waals surface area contributed by atoms with E-state index in [1.165, 1.54) is 0 Å². The largest absolute Gasteiger partial charge is 0.397 e.